The van der Waals surface area contributed by atoms with Crippen LogP contribution < -0.4 is 17.2 Å². The summed E-state index contributed by atoms with van der Waals surface area (Å²) in [6.45, 7) is 0.435. The zero-order valence-electron chi connectivity index (χ0n) is 11.8. The van der Waals surface area contributed by atoms with E-state index >= 15 is 0 Å². The summed E-state index contributed by atoms with van der Waals surface area (Å²) in [4.78, 5) is 12.2. The molecule has 0 radical (unpaired) electrons. The number of nitrogens with zero attached hydrogens (tertiary/aromatic N) is 2. The summed E-state index contributed by atoms with van der Waals surface area (Å²) in [6, 6.07) is -0.563. The number of carbonyl (C=O) groups excluding carboxylic acids is 1. The minimum absolute atomic E-state index is 0.0544. The first-order valence-corrected chi connectivity index (χ1v) is 7.75. The second-order valence-corrected chi connectivity index (χ2v) is 6.65. The minimum Gasteiger partial charge on any atom is -0.599 e. The molecule has 7 N–H and O–H groups in total. The molecular formula is C11H25N5O3S. The molecule has 1 rings (SSSR count). The third kappa shape index (κ3) is 6.35. The second-order valence-electron chi connectivity index (χ2n) is 5.58. The molecule has 0 aromatic rings. The van der Waals surface area contributed by atoms with Crippen LogP contribution in [0.3, 0.4) is 0 Å². The van der Waals surface area contributed by atoms with E-state index in [9.17, 15) is 10.0 Å². The fraction of sp³-hybridized carbons (Fsp3) is 0.909. The fourth-order valence-electron chi connectivity index (χ4n) is 2.22. The third-order valence-electron chi connectivity index (χ3n) is 3.13. The molecule has 8 nitrogen and oxygen atoms in total. The maximum atomic E-state index is 12.0. The Hall–Kier alpha value is -0.420. The van der Waals surface area contributed by atoms with E-state index in [0.29, 0.717) is 25.1 Å². The van der Waals surface area contributed by atoms with Crippen molar-refractivity contribution >= 4 is 17.7 Å². The average Bonchev–Trinajstić information content (AvgIpc) is 2.77. The predicted octanol–water partition coefficient (Wildman–Crippen LogP) is -1.04. The van der Waals surface area contributed by atoms with E-state index in [1.165, 1.54) is 0 Å². The molecule has 1 saturated heterocycles. The minimum atomic E-state index is -1.52. The van der Waals surface area contributed by atoms with Gasteiger partial charge in [-0.1, -0.05) is 0 Å². The number of hydrogen-bond donors (Lipinski definition) is 4. The largest absolute Gasteiger partial charge is 0.599 e. The maximum Gasteiger partial charge on any atom is 0.240 e. The van der Waals surface area contributed by atoms with Gasteiger partial charge in [-0.3, -0.25) is 4.79 Å². The zero-order chi connectivity index (χ0) is 15.4. The number of rotatable bonds is 7. The highest BCUT2D eigenvalue weighted by atomic mass is 32.2. The van der Waals surface area contributed by atoms with Crippen molar-refractivity contribution < 1.29 is 14.8 Å². The van der Waals surface area contributed by atoms with Gasteiger partial charge in [0, 0.05) is 12.3 Å². The van der Waals surface area contributed by atoms with Crippen molar-refractivity contribution in [3.8, 4) is 0 Å². The molecule has 9 heteroatoms. The van der Waals surface area contributed by atoms with Crippen LogP contribution in [-0.2, 0) is 4.79 Å². The molecule has 0 aromatic heterocycles. The highest BCUT2D eigenvalue weighted by Crippen LogP contribution is 2.16. The highest BCUT2D eigenvalue weighted by Gasteiger charge is 2.28. The van der Waals surface area contributed by atoms with Crippen LogP contribution in [0.25, 0.3) is 0 Å². The van der Waals surface area contributed by atoms with Crippen molar-refractivity contribution in [2.24, 2.45) is 17.2 Å². The lowest BCUT2D eigenvalue weighted by Crippen LogP contribution is -2.60. The summed E-state index contributed by atoms with van der Waals surface area (Å²) < 4.78 is 0. The Labute approximate surface area is 123 Å². The van der Waals surface area contributed by atoms with Crippen LogP contribution >= 0.6 is 11.8 Å². The topological polar surface area (TPSA) is 142 Å². The Morgan fingerprint density at radius 2 is 2.25 bits per heavy atom. The SMILES string of the molecule is C[N+]([O-])(O)CC(N)(N)CCC[C@H](N)C(=O)N1CCSC1. The van der Waals surface area contributed by atoms with E-state index in [4.69, 9.17) is 22.4 Å². The Bertz CT molecular complexity index is 329. The molecule has 1 unspecified atom stereocenters. The number of thioether (sulfide) groups is 1. The van der Waals surface area contributed by atoms with Crippen molar-refractivity contribution in [2.45, 2.75) is 31.0 Å². The number of hydrogen-bond acceptors (Lipinski definition) is 7. The smallest absolute Gasteiger partial charge is 0.240 e. The van der Waals surface area contributed by atoms with Crippen molar-refractivity contribution in [1.82, 2.24) is 4.90 Å². The Kier molecular flexibility index (Phi) is 6.20. The summed E-state index contributed by atoms with van der Waals surface area (Å²) in [7, 11) is 1.06. The summed E-state index contributed by atoms with van der Waals surface area (Å²) >= 11 is 1.71. The van der Waals surface area contributed by atoms with E-state index in [2.05, 4.69) is 0 Å². The summed E-state index contributed by atoms with van der Waals surface area (Å²) in [5.41, 5.74) is 16.1. The quantitative estimate of drug-likeness (QED) is 0.267. The van der Waals surface area contributed by atoms with Crippen molar-refractivity contribution in [3.63, 3.8) is 0 Å². The first-order valence-electron chi connectivity index (χ1n) is 6.60. The van der Waals surface area contributed by atoms with Gasteiger partial charge in [-0.2, -0.15) is 0 Å². The first kappa shape index (κ1) is 17.6. The molecule has 0 bridgehead atoms. The number of likely N-dealkylation sites (N-methyl/N-ethyl adjacent to an activating group) is 1. The van der Waals surface area contributed by atoms with Crippen LogP contribution in [0, 0.1) is 5.21 Å². The molecule has 1 aliphatic heterocycles. The normalized spacial score (nSPS) is 20.8. The summed E-state index contributed by atoms with van der Waals surface area (Å²) in [5, 5.41) is 20.3. The molecule has 2 atom stereocenters. The van der Waals surface area contributed by atoms with Crippen molar-refractivity contribution in [1.29, 1.82) is 0 Å². The molecule has 1 amide bonds. The molecule has 0 aromatic carbocycles. The van der Waals surface area contributed by atoms with Crippen LogP contribution in [0.15, 0.2) is 0 Å². The number of hydroxylamine groups is 4. The molecule has 20 heavy (non-hydrogen) atoms. The van der Waals surface area contributed by atoms with Gasteiger partial charge in [0.05, 0.1) is 19.0 Å². The van der Waals surface area contributed by atoms with Crippen LogP contribution in [0.2, 0.25) is 0 Å². The molecule has 0 saturated carbocycles. The Balaban J connectivity index is 2.30. The van der Waals surface area contributed by atoms with Gasteiger partial charge in [-0.05, 0) is 19.3 Å². The van der Waals surface area contributed by atoms with E-state index in [-0.39, 0.29) is 12.5 Å². The lowest BCUT2D eigenvalue weighted by molar-refractivity contribution is -1.05. The molecule has 118 valence electrons. The number of nitrogens with two attached hydrogens (primary N) is 3. The molecule has 1 fully saturated rings. The summed E-state index contributed by atoms with van der Waals surface area (Å²) in [5.74, 6) is 1.59. The number of amides is 1. The molecule has 1 aliphatic rings. The van der Waals surface area contributed by atoms with Crippen molar-refractivity contribution in [2.75, 3.05) is 31.8 Å². The van der Waals surface area contributed by atoms with Crippen LogP contribution in [-0.4, -0.2) is 64.3 Å². The average molecular weight is 307 g/mol. The maximum absolute atomic E-state index is 12.0. The van der Waals surface area contributed by atoms with Gasteiger partial charge in [-0.15, -0.1) is 11.8 Å². The second kappa shape index (κ2) is 7.03. The van der Waals surface area contributed by atoms with Crippen molar-refractivity contribution in [3.05, 3.63) is 5.21 Å². The first-order chi connectivity index (χ1) is 9.11. The van der Waals surface area contributed by atoms with Gasteiger partial charge >= 0.3 is 0 Å². The van der Waals surface area contributed by atoms with Gasteiger partial charge in [0.1, 0.15) is 12.2 Å². The Morgan fingerprint density at radius 1 is 1.60 bits per heavy atom. The van der Waals surface area contributed by atoms with E-state index in [1.807, 2.05) is 0 Å². The van der Waals surface area contributed by atoms with E-state index < -0.39 is 16.5 Å². The van der Waals surface area contributed by atoms with Gasteiger partial charge in [0.2, 0.25) is 5.91 Å². The van der Waals surface area contributed by atoms with Crippen LogP contribution in [0.4, 0.5) is 0 Å². The zero-order valence-corrected chi connectivity index (χ0v) is 12.6. The number of carbonyl (C=O) groups is 1. The van der Waals surface area contributed by atoms with Crippen LogP contribution in [0.1, 0.15) is 19.3 Å². The van der Waals surface area contributed by atoms with Gasteiger partial charge in [0.25, 0.3) is 0 Å². The number of quaternary nitrogens is 1. The van der Waals surface area contributed by atoms with Crippen LogP contribution in [0.5, 0.6) is 0 Å². The standard InChI is InChI=1S/C11H25N5O3S/c1-16(18,19)7-11(13,14)4-2-3-9(12)10(17)15-5-6-20-8-15/h9,18H,2-8,12-14H2,1H3/t9-/m0/s1. The Morgan fingerprint density at radius 3 is 2.75 bits per heavy atom. The fourth-order valence-corrected chi connectivity index (χ4v) is 3.18. The van der Waals surface area contributed by atoms with Gasteiger partial charge in [-0.25, -0.2) is 10.0 Å². The molecule has 0 spiro atoms. The third-order valence-corrected chi connectivity index (χ3v) is 4.09. The summed E-state index contributed by atoms with van der Waals surface area (Å²) in [6.07, 6.45) is 1.31. The predicted molar refractivity (Wildman–Crippen MR) is 78.2 cm³/mol. The molecule has 1 heterocycles. The molecule has 0 aliphatic carbocycles. The lowest BCUT2D eigenvalue weighted by Gasteiger charge is -2.36. The molecular weight excluding hydrogens is 282 g/mol. The monoisotopic (exact) mass is 307 g/mol. The van der Waals surface area contributed by atoms with E-state index in [1.54, 1.807) is 16.7 Å². The van der Waals surface area contributed by atoms with Gasteiger partial charge < -0.3 is 27.3 Å². The lowest BCUT2D eigenvalue weighted by atomic mass is 10.0. The van der Waals surface area contributed by atoms with E-state index in [0.717, 1.165) is 19.3 Å². The van der Waals surface area contributed by atoms with Gasteiger partial charge in [0.15, 0.2) is 0 Å². The highest BCUT2D eigenvalue weighted by molar-refractivity contribution is 7.99.